The second-order valence-electron chi connectivity index (χ2n) is 15.7. The Bertz CT molecular complexity index is 2360. The number of guanidine groups is 1. The van der Waals surface area contributed by atoms with Gasteiger partial charge in [0.1, 0.15) is 13.2 Å². The SMILES string of the molecule is NC(=NC(=O)OCc1ccccc1)N(CCCC1NC(C(N)Cc2ccc3ccccc3c2)CCN(CC(c2ccccc2)c2ccccc2)C1=O)C(=O)OCc1ccccc1. The van der Waals surface area contributed by atoms with Gasteiger partial charge >= 0.3 is 12.2 Å². The number of nitrogens with two attached hydrogens (primary N) is 2. The average molecular weight is 831 g/mol. The molecule has 3 atom stereocenters. The third kappa shape index (κ3) is 11.9. The summed E-state index contributed by atoms with van der Waals surface area (Å²) in [7, 11) is 0. The summed E-state index contributed by atoms with van der Waals surface area (Å²) in [6, 6.07) is 52.5. The van der Waals surface area contributed by atoms with Crippen molar-refractivity contribution < 1.29 is 23.9 Å². The van der Waals surface area contributed by atoms with E-state index in [4.69, 9.17) is 20.9 Å². The first kappa shape index (κ1) is 43.3. The molecule has 1 fully saturated rings. The van der Waals surface area contributed by atoms with E-state index in [0.717, 1.165) is 43.5 Å². The van der Waals surface area contributed by atoms with Gasteiger partial charge in [0.25, 0.3) is 0 Å². The maximum absolute atomic E-state index is 14.8. The van der Waals surface area contributed by atoms with Crippen molar-refractivity contribution in [3.63, 3.8) is 0 Å². The first-order chi connectivity index (χ1) is 30.3. The number of nitrogens with zero attached hydrogens (tertiary/aromatic N) is 3. The van der Waals surface area contributed by atoms with Crippen LogP contribution in [0.5, 0.6) is 0 Å². The fourth-order valence-corrected chi connectivity index (χ4v) is 7.99. The highest BCUT2D eigenvalue weighted by atomic mass is 16.6. The number of ether oxygens (including phenoxy) is 2. The third-order valence-electron chi connectivity index (χ3n) is 11.3. The topological polar surface area (TPSA) is 153 Å². The lowest BCUT2D eigenvalue weighted by molar-refractivity contribution is -0.133. The molecule has 62 heavy (non-hydrogen) atoms. The van der Waals surface area contributed by atoms with Gasteiger partial charge in [0, 0.05) is 37.6 Å². The number of carbonyl (C=O) groups is 3. The zero-order valence-corrected chi connectivity index (χ0v) is 34.8. The van der Waals surface area contributed by atoms with Gasteiger partial charge in [-0.25, -0.2) is 14.5 Å². The van der Waals surface area contributed by atoms with Gasteiger partial charge in [-0.3, -0.25) is 4.79 Å². The molecule has 1 aliphatic rings. The van der Waals surface area contributed by atoms with Crippen LogP contribution in [0.2, 0.25) is 0 Å². The summed E-state index contributed by atoms with van der Waals surface area (Å²) >= 11 is 0. The van der Waals surface area contributed by atoms with Crippen LogP contribution in [0.15, 0.2) is 169 Å². The second-order valence-corrected chi connectivity index (χ2v) is 15.7. The van der Waals surface area contributed by atoms with Crippen LogP contribution in [-0.4, -0.2) is 71.6 Å². The van der Waals surface area contributed by atoms with Gasteiger partial charge in [0.2, 0.25) is 11.9 Å². The lowest BCUT2D eigenvalue weighted by Gasteiger charge is -2.30. The summed E-state index contributed by atoms with van der Waals surface area (Å²) in [4.78, 5) is 48.2. The van der Waals surface area contributed by atoms with Gasteiger partial charge in [0.15, 0.2) is 0 Å². The van der Waals surface area contributed by atoms with Crippen molar-refractivity contribution in [2.45, 2.75) is 62.9 Å². The molecule has 0 bridgehead atoms. The summed E-state index contributed by atoms with van der Waals surface area (Å²) in [5.41, 5.74) is 18.3. The van der Waals surface area contributed by atoms with Gasteiger partial charge in [-0.1, -0.05) is 164 Å². The van der Waals surface area contributed by atoms with Crippen LogP contribution in [-0.2, 0) is 33.9 Å². The van der Waals surface area contributed by atoms with Gasteiger partial charge in [-0.05, 0) is 64.3 Å². The molecule has 6 aromatic rings. The highest BCUT2D eigenvalue weighted by Gasteiger charge is 2.35. The lowest BCUT2D eigenvalue weighted by atomic mass is 9.90. The first-order valence-electron chi connectivity index (χ1n) is 21.2. The molecule has 3 unspecified atom stereocenters. The minimum absolute atomic E-state index is 0.0135. The summed E-state index contributed by atoms with van der Waals surface area (Å²) < 4.78 is 11.0. The van der Waals surface area contributed by atoms with Crippen molar-refractivity contribution in [3.8, 4) is 0 Å². The molecule has 1 saturated heterocycles. The van der Waals surface area contributed by atoms with Crippen LogP contribution in [0.1, 0.15) is 53.0 Å². The number of amides is 3. The minimum Gasteiger partial charge on any atom is -0.444 e. The van der Waals surface area contributed by atoms with Crippen molar-refractivity contribution in [2.24, 2.45) is 16.5 Å². The number of aliphatic imine (C=N–C) groups is 1. The van der Waals surface area contributed by atoms with Crippen molar-refractivity contribution >= 4 is 34.8 Å². The smallest absolute Gasteiger partial charge is 0.437 e. The third-order valence-corrected chi connectivity index (χ3v) is 11.3. The molecule has 0 aliphatic carbocycles. The molecule has 11 heteroatoms. The Balaban J connectivity index is 1.10. The van der Waals surface area contributed by atoms with Crippen molar-refractivity contribution in [2.75, 3.05) is 19.6 Å². The van der Waals surface area contributed by atoms with Crippen LogP contribution in [0.3, 0.4) is 0 Å². The zero-order chi connectivity index (χ0) is 43.1. The van der Waals surface area contributed by atoms with Crippen molar-refractivity contribution in [1.29, 1.82) is 0 Å². The maximum atomic E-state index is 14.8. The Morgan fingerprint density at radius 1 is 0.726 bits per heavy atom. The number of nitrogens with one attached hydrogen (secondary N) is 1. The maximum Gasteiger partial charge on any atom is 0.437 e. The van der Waals surface area contributed by atoms with Crippen LogP contribution in [0, 0.1) is 0 Å². The molecule has 3 amide bonds. The predicted octanol–water partition coefficient (Wildman–Crippen LogP) is 8.17. The molecule has 11 nitrogen and oxygen atoms in total. The largest absolute Gasteiger partial charge is 0.444 e. The summed E-state index contributed by atoms with van der Waals surface area (Å²) in [5.74, 6) is -0.476. The Morgan fingerprint density at radius 3 is 1.92 bits per heavy atom. The lowest BCUT2D eigenvalue weighted by Crippen LogP contribution is -2.52. The zero-order valence-electron chi connectivity index (χ0n) is 34.8. The first-order valence-corrected chi connectivity index (χ1v) is 21.2. The normalized spacial score (nSPS) is 16.1. The van der Waals surface area contributed by atoms with E-state index in [1.807, 2.05) is 114 Å². The molecule has 0 aromatic heterocycles. The van der Waals surface area contributed by atoms with Crippen LogP contribution >= 0.6 is 0 Å². The number of fused-ring (bicyclic) bond motifs is 1. The van der Waals surface area contributed by atoms with E-state index < -0.39 is 18.2 Å². The molecule has 1 heterocycles. The monoisotopic (exact) mass is 830 g/mol. The molecule has 318 valence electrons. The average Bonchev–Trinajstić information content (AvgIpc) is 3.46. The van der Waals surface area contributed by atoms with Gasteiger partial charge in [0.05, 0.1) is 6.04 Å². The predicted molar refractivity (Wildman–Crippen MR) is 243 cm³/mol. The van der Waals surface area contributed by atoms with E-state index in [0.29, 0.717) is 38.8 Å². The van der Waals surface area contributed by atoms with Crippen LogP contribution in [0.25, 0.3) is 10.8 Å². The number of hydrogen-bond acceptors (Lipinski definition) is 7. The van der Waals surface area contributed by atoms with E-state index in [1.165, 1.54) is 0 Å². The van der Waals surface area contributed by atoms with Crippen molar-refractivity contribution in [1.82, 2.24) is 15.1 Å². The fourth-order valence-electron chi connectivity index (χ4n) is 7.99. The van der Waals surface area contributed by atoms with Crippen molar-refractivity contribution in [3.05, 3.63) is 192 Å². The van der Waals surface area contributed by atoms with Crippen LogP contribution in [0.4, 0.5) is 9.59 Å². The Kier molecular flexibility index (Phi) is 15.1. The van der Waals surface area contributed by atoms with Gasteiger partial charge < -0.3 is 31.2 Å². The molecular weight excluding hydrogens is 777 g/mol. The second kappa shape index (κ2) is 21.6. The summed E-state index contributed by atoms with van der Waals surface area (Å²) in [6.45, 7) is 0.975. The Morgan fingerprint density at radius 2 is 1.29 bits per heavy atom. The standard InChI is InChI=1S/C51H54N6O5/c52-45(33-39-27-28-40-20-13-14-25-43(40)32-39)46-29-31-56(34-44(41-21-9-3-10-22-41)42-23-11-4-12-24-42)48(58)47(54-46)26-15-30-57(51(60)62-36-38-18-7-2-8-19-38)49(53)55-50(59)61-35-37-16-5-1-6-17-37/h1-14,16-25,27-28,32,44-47,54H,15,26,29-31,33-36,52H2,(H2,53,55,59). The quantitative estimate of drug-likeness (QED) is 0.0693. The minimum atomic E-state index is -0.946. The summed E-state index contributed by atoms with van der Waals surface area (Å²) in [5, 5.41) is 5.98. The van der Waals surface area contributed by atoms with E-state index >= 15 is 0 Å². The molecular formula is C51H54N6O5. The number of hydrogen-bond donors (Lipinski definition) is 3. The molecule has 0 saturated carbocycles. The van der Waals surface area contributed by atoms with E-state index in [-0.39, 0.29) is 49.6 Å². The summed E-state index contributed by atoms with van der Waals surface area (Å²) in [6.07, 6.45) is 0.198. The number of carbonyl (C=O) groups excluding carboxylic acids is 3. The van der Waals surface area contributed by atoms with E-state index in [9.17, 15) is 14.4 Å². The molecule has 0 radical (unpaired) electrons. The highest BCUT2D eigenvalue weighted by Crippen LogP contribution is 2.28. The van der Waals surface area contributed by atoms with E-state index in [1.54, 1.807) is 0 Å². The molecule has 1 aliphatic heterocycles. The molecule has 5 N–H and O–H groups in total. The van der Waals surface area contributed by atoms with Gasteiger partial charge in [-0.2, -0.15) is 0 Å². The van der Waals surface area contributed by atoms with Crippen LogP contribution < -0.4 is 16.8 Å². The Labute approximate surface area is 363 Å². The molecule has 7 rings (SSSR count). The number of benzene rings is 6. The molecule has 0 spiro atoms. The molecule has 6 aromatic carbocycles. The highest BCUT2D eigenvalue weighted by molar-refractivity contribution is 5.98. The van der Waals surface area contributed by atoms with Gasteiger partial charge in [-0.15, -0.1) is 4.99 Å². The fraction of sp³-hybridized carbons (Fsp3) is 0.255. The Hall–Kier alpha value is -6.82. The van der Waals surface area contributed by atoms with E-state index in [2.05, 4.69) is 64.9 Å². The number of rotatable bonds is 15.